The summed E-state index contributed by atoms with van der Waals surface area (Å²) in [4.78, 5) is 50.2. The number of esters is 1. The zero-order valence-corrected chi connectivity index (χ0v) is 18.9. The Bertz CT molecular complexity index is 1380. The van der Waals surface area contributed by atoms with Crippen LogP contribution in [0, 0.1) is 0 Å². The molecule has 0 radical (unpaired) electrons. The van der Waals surface area contributed by atoms with Crippen LogP contribution in [0.4, 0.5) is 14.5 Å². The number of benzene rings is 3. The first-order valence-electron chi connectivity index (χ1n) is 10.8. The van der Waals surface area contributed by atoms with Gasteiger partial charge >= 0.3 is 12.6 Å². The molecule has 0 aliphatic heterocycles. The van der Waals surface area contributed by atoms with E-state index < -0.39 is 24.6 Å². The number of ether oxygens (including phenoxy) is 2. The number of carbonyl (C=O) groups excluding carboxylic acids is 4. The molecule has 0 saturated carbocycles. The smallest absolute Gasteiger partial charge is 0.387 e. The molecule has 4 rings (SSSR count). The van der Waals surface area contributed by atoms with Gasteiger partial charge in [-0.15, -0.1) is 0 Å². The monoisotopic (exact) mass is 491 g/mol. The van der Waals surface area contributed by atoms with Crippen LogP contribution < -0.4 is 10.1 Å². The maximum absolute atomic E-state index is 12.8. The van der Waals surface area contributed by atoms with Gasteiger partial charge in [0.15, 0.2) is 17.7 Å². The van der Waals surface area contributed by atoms with Gasteiger partial charge in [-0.25, -0.2) is 4.79 Å². The highest BCUT2D eigenvalue weighted by Gasteiger charge is 2.29. The second kappa shape index (κ2) is 10.3. The summed E-state index contributed by atoms with van der Waals surface area (Å²) >= 11 is 0. The summed E-state index contributed by atoms with van der Waals surface area (Å²) in [6.45, 7) is -1.56. The van der Waals surface area contributed by atoms with E-state index in [-0.39, 0.29) is 34.1 Å². The molecule has 0 heterocycles. The van der Waals surface area contributed by atoms with E-state index in [9.17, 15) is 28.0 Å². The molecule has 0 aromatic heterocycles. The van der Waals surface area contributed by atoms with E-state index in [1.165, 1.54) is 55.5 Å². The number of nitrogens with one attached hydrogen (secondary N) is 1. The van der Waals surface area contributed by atoms with E-state index in [0.29, 0.717) is 16.7 Å². The van der Waals surface area contributed by atoms with Crippen molar-refractivity contribution in [1.82, 2.24) is 0 Å². The Balaban J connectivity index is 1.37. The highest BCUT2D eigenvalue weighted by atomic mass is 19.3. The lowest BCUT2D eigenvalue weighted by Crippen LogP contribution is -2.29. The fourth-order valence-electron chi connectivity index (χ4n) is 3.61. The molecule has 1 atom stereocenters. The molecule has 0 fully saturated rings. The molecular weight excluding hydrogens is 472 g/mol. The summed E-state index contributed by atoms with van der Waals surface area (Å²) in [5.74, 6) is -2.06. The number of anilines is 1. The highest BCUT2D eigenvalue weighted by molar-refractivity contribution is 6.28. The normalized spacial score (nSPS) is 13.2. The summed E-state index contributed by atoms with van der Waals surface area (Å²) in [7, 11) is 0. The molecule has 1 aliphatic carbocycles. The van der Waals surface area contributed by atoms with Crippen LogP contribution >= 0.6 is 0 Å². The van der Waals surface area contributed by atoms with E-state index in [2.05, 4.69) is 10.1 Å². The number of fused-ring (bicyclic) bond motifs is 2. The van der Waals surface area contributed by atoms with Crippen molar-refractivity contribution in [1.29, 1.82) is 0 Å². The van der Waals surface area contributed by atoms with Gasteiger partial charge in [0.25, 0.3) is 5.91 Å². The molecule has 0 spiro atoms. The molecule has 7 nitrogen and oxygen atoms in total. The van der Waals surface area contributed by atoms with Crippen molar-refractivity contribution in [3.05, 3.63) is 101 Å². The summed E-state index contributed by atoms with van der Waals surface area (Å²) in [5.41, 5.74) is 1.84. The molecule has 9 heteroatoms. The van der Waals surface area contributed by atoms with Crippen molar-refractivity contribution in [3.63, 3.8) is 0 Å². The predicted molar refractivity (Wildman–Crippen MR) is 126 cm³/mol. The average Bonchev–Trinajstić information content (AvgIpc) is 2.86. The van der Waals surface area contributed by atoms with Crippen LogP contribution in [-0.2, 0) is 14.3 Å². The van der Waals surface area contributed by atoms with Crippen molar-refractivity contribution in [2.24, 2.45) is 0 Å². The molecule has 1 N–H and O–H groups in total. The van der Waals surface area contributed by atoms with E-state index >= 15 is 0 Å². The lowest BCUT2D eigenvalue weighted by molar-refractivity contribution is -0.148. The van der Waals surface area contributed by atoms with Gasteiger partial charge in [-0.2, -0.15) is 8.78 Å². The topological polar surface area (TPSA) is 98.8 Å². The third-order valence-corrected chi connectivity index (χ3v) is 5.37. The van der Waals surface area contributed by atoms with Crippen molar-refractivity contribution in [2.45, 2.75) is 19.6 Å². The van der Waals surface area contributed by atoms with Gasteiger partial charge in [0, 0.05) is 34.0 Å². The fraction of sp³-hybridized carbons (Fsp3) is 0.111. The van der Waals surface area contributed by atoms with Crippen LogP contribution in [0.1, 0.15) is 44.3 Å². The minimum absolute atomic E-state index is 0.0209. The molecule has 36 heavy (non-hydrogen) atoms. The Morgan fingerprint density at radius 2 is 1.47 bits per heavy atom. The molecule has 0 bridgehead atoms. The number of rotatable bonds is 7. The minimum atomic E-state index is -2.94. The second-order valence-corrected chi connectivity index (χ2v) is 7.81. The number of carbonyl (C=O) groups is 4. The Kier molecular flexibility index (Phi) is 7.00. The molecular formula is C27H19F2NO6. The van der Waals surface area contributed by atoms with Crippen molar-refractivity contribution < 1.29 is 37.4 Å². The molecule has 1 amide bonds. The van der Waals surface area contributed by atoms with Gasteiger partial charge in [0.05, 0.1) is 0 Å². The van der Waals surface area contributed by atoms with E-state index in [0.717, 1.165) is 6.08 Å². The van der Waals surface area contributed by atoms with Gasteiger partial charge < -0.3 is 14.8 Å². The van der Waals surface area contributed by atoms with Crippen molar-refractivity contribution >= 4 is 35.2 Å². The first kappa shape index (κ1) is 24.5. The predicted octanol–water partition coefficient (Wildman–Crippen LogP) is 4.65. The molecule has 3 aromatic carbocycles. The Hall–Kier alpha value is -4.66. The first-order valence-corrected chi connectivity index (χ1v) is 10.8. The standard InChI is InChI=1S/C27H19F2NO6/c1-15(35-23(31)13-8-16-6-10-18(11-7-16)36-27(28)29)26(34)30-17-9-12-21-22(14-17)25(33)20-5-3-2-4-19(20)24(21)32/h2-15,27H,1H3,(H,30,34)/b13-8+. The van der Waals surface area contributed by atoms with E-state index in [1.54, 1.807) is 24.3 Å². The van der Waals surface area contributed by atoms with Crippen LogP contribution in [0.3, 0.4) is 0 Å². The van der Waals surface area contributed by atoms with Crippen molar-refractivity contribution in [3.8, 4) is 5.75 Å². The fourth-order valence-corrected chi connectivity index (χ4v) is 3.61. The zero-order valence-electron chi connectivity index (χ0n) is 18.9. The van der Waals surface area contributed by atoms with Gasteiger partial charge in [0.1, 0.15) is 5.75 Å². The minimum Gasteiger partial charge on any atom is -0.449 e. The molecule has 182 valence electrons. The van der Waals surface area contributed by atoms with Gasteiger partial charge in [-0.3, -0.25) is 14.4 Å². The summed E-state index contributed by atoms with van der Waals surface area (Å²) in [6, 6.07) is 16.5. The zero-order chi connectivity index (χ0) is 25.8. The SMILES string of the molecule is CC(OC(=O)/C=C/c1ccc(OC(F)F)cc1)C(=O)Nc1ccc2c(c1)C(=O)c1ccccc1C2=O. The lowest BCUT2D eigenvalue weighted by Gasteiger charge is -2.18. The van der Waals surface area contributed by atoms with Crippen LogP contribution in [0.15, 0.2) is 72.8 Å². The largest absolute Gasteiger partial charge is 0.449 e. The Labute approximate surface area is 204 Å². The quantitative estimate of drug-likeness (QED) is 0.299. The Morgan fingerprint density at radius 1 is 0.861 bits per heavy atom. The molecule has 1 unspecified atom stereocenters. The van der Waals surface area contributed by atoms with E-state index in [4.69, 9.17) is 4.74 Å². The lowest BCUT2D eigenvalue weighted by atomic mass is 9.84. The number of hydrogen-bond donors (Lipinski definition) is 1. The van der Waals surface area contributed by atoms with Crippen LogP contribution in [0.2, 0.25) is 0 Å². The number of halogens is 2. The molecule has 0 saturated heterocycles. The molecule has 3 aromatic rings. The van der Waals surface area contributed by atoms with Gasteiger partial charge in [-0.05, 0) is 48.9 Å². The van der Waals surface area contributed by atoms with Gasteiger partial charge in [0.2, 0.25) is 0 Å². The summed E-state index contributed by atoms with van der Waals surface area (Å²) in [5, 5.41) is 2.57. The van der Waals surface area contributed by atoms with Crippen LogP contribution in [0.25, 0.3) is 6.08 Å². The Morgan fingerprint density at radius 3 is 2.11 bits per heavy atom. The number of hydrogen-bond acceptors (Lipinski definition) is 6. The highest BCUT2D eigenvalue weighted by Crippen LogP contribution is 2.29. The number of ketones is 2. The number of amides is 1. The maximum Gasteiger partial charge on any atom is 0.387 e. The third-order valence-electron chi connectivity index (χ3n) is 5.37. The van der Waals surface area contributed by atoms with Crippen LogP contribution in [0.5, 0.6) is 5.75 Å². The average molecular weight is 491 g/mol. The first-order chi connectivity index (χ1) is 17.2. The number of alkyl halides is 2. The van der Waals surface area contributed by atoms with Crippen molar-refractivity contribution in [2.75, 3.05) is 5.32 Å². The van der Waals surface area contributed by atoms with E-state index in [1.807, 2.05) is 0 Å². The third kappa shape index (κ3) is 5.35. The summed E-state index contributed by atoms with van der Waals surface area (Å²) < 4.78 is 33.8. The van der Waals surface area contributed by atoms with Crippen LogP contribution in [-0.4, -0.2) is 36.2 Å². The molecule has 1 aliphatic rings. The maximum atomic E-state index is 12.8. The van der Waals surface area contributed by atoms with Gasteiger partial charge in [-0.1, -0.05) is 36.4 Å². The summed E-state index contributed by atoms with van der Waals surface area (Å²) in [6.07, 6.45) is 1.31. The second-order valence-electron chi connectivity index (χ2n) is 7.81.